The van der Waals surface area contributed by atoms with Crippen molar-refractivity contribution >= 4 is 65.0 Å². The Kier molecular flexibility index (Phi) is 5.70. The van der Waals surface area contributed by atoms with E-state index in [1.165, 1.54) is 54.4 Å². The van der Waals surface area contributed by atoms with Crippen molar-refractivity contribution in [2.75, 3.05) is 0 Å². The molecule has 4 heterocycles. The van der Waals surface area contributed by atoms with E-state index in [2.05, 4.69) is 141 Å². The molecule has 0 spiro atoms. The van der Waals surface area contributed by atoms with Gasteiger partial charge in [-0.25, -0.2) is 9.97 Å². The monoisotopic (exact) mass is 650 g/mol. The summed E-state index contributed by atoms with van der Waals surface area (Å²) in [6, 6.07) is 49.6. The van der Waals surface area contributed by atoms with E-state index >= 15 is 0 Å². The molecular formula is C47H30N4. The second-order valence-corrected chi connectivity index (χ2v) is 14.2. The van der Waals surface area contributed by atoms with Crippen molar-refractivity contribution in [2.24, 2.45) is 0 Å². The zero-order valence-electron chi connectivity index (χ0n) is 28.1. The number of pyridine rings is 4. The van der Waals surface area contributed by atoms with Gasteiger partial charge in [0.05, 0.1) is 39.3 Å². The molecule has 0 fully saturated rings. The summed E-state index contributed by atoms with van der Waals surface area (Å²) in [6.07, 6.45) is 1.85. The van der Waals surface area contributed by atoms with Crippen LogP contribution in [-0.4, -0.2) is 19.9 Å². The minimum atomic E-state index is -0.282. The van der Waals surface area contributed by atoms with Gasteiger partial charge in [0, 0.05) is 44.3 Å². The lowest BCUT2D eigenvalue weighted by Crippen LogP contribution is -2.17. The Morgan fingerprint density at radius 3 is 1.73 bits per heavy atom. The smallest absolute Gasteiger partial charge is 0.0979 e. The molecule has 0 unspecified atom stereocenters. The molecule has 0 bridgehead atoms. The summed E-state index contributed by atoms with van der Waals surface area (Å²) in [7, 11) is 0. The molecule has 0 aliphatic heterocycles. The summed E-state index contributed by atoms with van der Waals surface area (Å²) in [4.78, 5) is 20.7. The van der Waals surface area contributed by atoms with Crippen LogP contribution in [-0.2, 0) is 5.41 Å². The number of aromatic nitrogens is 4. The Hall–Kier alpha value is -6.52. The molecule has 51 heavy (non-hydrogen) atoms. The average Bonchev–Trinajstić information content (AvgIpc) is 3.42. The van der Waals surface area contributed by atoms with Gasteiger partial charge in [-0.2, -0.15) is 0 Å². The van der Waals surface area contributed by atoms with Crippen LogP contribution in [0.5, 0.6) is 0 Å². The molecule has 4 aromatic heterocycles. The van der Waals surface area contributed by atoms with Gasteiger partial charge < -0.3 is 0 Å². The maximum atomic E-state index is 5.49. The lowest BCUT2D eigenvalue weighted by atomic mass is 9.84. The van der Waals surface area contributed by atoms with Crippen LogP contribution in [0.4, 0.5) is 0 Å². The topological polar surface area (TPSA) is 51.6 Å². The lowest BCUT2D eigenvalue weighted by Gasteiger charge is -2.21. The van der Waals surface area contributed by atoms with Gasteiger partial charge in [-0.05, 0) is 80.5 Å². The minimum absolute atomic E-state index is 0.282. The number of nitrogens with zero attached hydrogens (tertiary/aromatic N) is 4. The highest BCUT2D eigenvalue weighted by Crippen LogP contribution is 2.51. The fourth-order valence-electron chi connectivity index (χ4n) is 8.57. The van der Waals surface area contributed by atoms with Crippen molar-refractivity contribution in [2.45, 2.75) is 19.3 Å². The Morgan fingerprint density at radius 1 is 0.392 bits per heavy atom. The van der Waals surface area contributed by atoms with E-state index in [1.807, 2.05) is 18.3 Å². The largest absolute Gasteiger partial charge is 0.254 e. The first-order chi connectivity index (χ1) is 25.0. The van der Waals surface area contributed by atoms with Gasteiger partial charge >= 0.3 is 0 Å². The van der Waals surface area contributed by atoms with Gasteiger partial charge in [0.2, 0.25) is 0 Å². The van der Waals surface area contributed by atoms with Gasteiger partial charge in [-0.3, -0.25) is 9.97 Å². The predicted octanol–water partition coefficient (Wildman–Crippen LogP) is 11.8. The van der Waals surface area contributed by atoms with Crippen LogP contribution in [0.2, 0.25) is 0 Å². The van der Waals surface area contributed by atoms with Crippen molar-refractivity contribution in [3.05, 3.63) is 157 Å². The van der Waals surface area contributed by atoms with Gasteiger partial charge in [0.25, 0.3) is 0 Å². The summed E-state index contributed by atoms with van der Waals surface area (Å²) >= 11 is 0. The molecule has 0 atom stereocenters. The van der Waals surface area contributed by atoms with Gasteiger partial charge in [0.15, 0.2) is 0 Å². The summed E-state index contributed by atoms with van der Waals surface area (Å²) in [5, 5.41) is 10.7. The first-order valence-corrected chi connectivity index (χ1v) is 17.5. The highest BCUT2D eigenvalue weighted by molar-refractivity contribution is 6.25. The molecule has 0 saturated heterocycles. The van der Waals surface area contributed by atoms with Crippen molar-refractivity contribution in [3.63, 3.8) is 0 Å². The molecule has 1 aliphatic carbocycles. The average molecular weight is 651 g/mol. The third-order valence-corrected chi connectivity index (χ3v) is 11.0. The Balaban J connectivity index is 1.05. The Morgan fingerprint density at radius 2 is 0.980 bits per heavy atom. The maximum Gasteiger partial charge on any atom is 0.0979 e. The van der Waals surface area contributed by atoms with Crippen molar-refractivity contribution in [3.8, 4) is 33.8 Å². The van der Waals surface area contributed by atoms with Crippen LogP contribution < -0.4 is 0 Å². The van der Waals surface area contributed by atoms with Crippen molar-refractivity contribution < 1.29 is 0 Å². The first-order valence-electron chi connectivity index (χ1n) is 17.5. The summed E-state index contributed by atoms with van der Waals surface area (Å²) in [6.45, 7) is 4.60. The molecule has 4 heteroatoms. The summed E-state index contributed by atoms with van der Waals surface area (Å²) in [5.41, 5.74) is 11.1. The fraction of sp³-hybridized carbons (Fsp3) is 0.0638. The number of benzene rings is 6. The first kappa shape index (κ1) is 28.3. The molecule has 0 N–H and O–H groups in total. The quantitative estimate of drug-likeness (QED) is 0.175. The minimum Gasteiger partial charge on any atom is -0.254 e. The molecule has 4 nitrogen and oxygen atoms in total. The SMILES string of the molecule is CC1(C)c2cc(-c3cccc(-c4ccc5c6ccccc6c6cccnc6c5n4)n3)ccc2-c2cc3c4ccccc4c4ccccc4c3nc21. The van der Waals surface area contributed by atoms with Gasteiger partial charge in [0.1, 0.15) is 0 Å². The molecule has 6 aromatic carbocycles. The van der Waals surface area contributed by atoms with Gasteiger partial charge in [-0.1, -0.05) is 111 Å². The van der Waals surface area contributed by atoms with Crippen LogP contribution in [0.15, 0.2) is 146 Å². The van der Waals surface area contributed by atoms with E-state index in [1.54, 1.807) is 0 Å². The van der Waals surface area contributed by atoms with E-state index in [0.717, 1.165) is 55.7 Å². The molecule has 10 aromatic rings. The van der Waals surface area contributed by atoms with Crippen molar-refractivity contribution in [1.82, 2.24) is 19.9 Å². The molecule has 1 aliphatic rings. The maximum absolute atomic E-state index is 5.49. The number of fused-ring (bicyclic) bond motifs is 15. The van der Waals surface area contributed by atoms with Crippen LogP contribution in [0, 0.1) is 0 Å². The number of hydrogen-bond acceptors (Lipinski definition) is 4. The fourth-order valence-corrected chi connectivity index (χ4v) is 8.57. The van der Waals surface area contributed by atoms with Crippen LogP contribution >= 0.6 is 0 Å². The van der Waals surface area contributed by atoms with E-state index in [-0.39, 0.29) is 5.41 Å². The van der Waals surface area contributed by atoms with Crippen LogP contribution in [0.3, 0.4) is 0 Å². The molecule has 0 amide bonds. The zero-order valence-corrected chi connectivity index (χ0v) is 28.1. The lowest BCUT2D eigenvalue weighted by molar-refractivity contribution is 0.640. The van der Waals surface area contributed by atoms with E-state index in [4.69, 9.17) is 19.9 Å². The summed E-state index contributed by atoms with van der Waals surface area (Å²) < 4.78 is 0. The zero-order chi connectivity index (χ0) is 33.8. The van der Waals surface area contributed by atoms with E-state index < -0.39 is 0 Å². The number of hydrogen-bond donors (Lipinski definition) is 0. The molecule has 0 radical (unpaired) electrons. The normalized spacial score (nSPS) is 13.5. The Labute approximate surface area is 294 Å². The third kappa shape index (κ3) is 3.96. The van der Waals surface area contributed by atoms with Crippen LogP contribution in [0.25, 0.3) is 98.8 Å². The van der Waals surface area contributed by atoms with Crippen LogP contribution in [0.1, 0.15) is 25.1 Å². The Bertz CT molecular complexity index is 3090. The second-order valence-electron chi connectivity index (χ2n) is 14.2. The van der Waals surface area contributed by atoms with E-state index in [0.29, 0.717) is 0 Å². The summed E-state index contributed by atoms with van der Waals surface area (Å²) in [5.74, 6) is 0. The van der Waals surface area contributed by atoms with Crippen molar-refractivity contribution in [1.29, 1.82) is 0 Å². The molecular weight excluding hydrogens is 621 g/mol. The standard InChI is InChI=1S/C47H30N4/c1-47(2)39-25-27(20-21-33(39)38-26-37-32-15-6-3-11-28(32)29-12-7-8-16-34(29)43(37)51-46(38)47)40-18-9-19-41(49-40)42-23-22-36-31-14-5-4-13-30(31)35-17-10-24-48-44(35)45(36)50-42/h3-26H,1-2H3. The molecule has 11 rings (SSSR count). The highest BCUT2D eigenvalue weighted by atomic mass is 14.8. The molecule has 238 valence electrons. The predicted molar refractivity (Wildman–Crippen MR) is 211 cm³/mol. The van der Waals surface area contributed by atoms with E-state index in [9.17, 15) is 0 Å². The second kappa shape index (κ2) is 10.3. The van der Waals surface area contributed by atoms with Gasteiger partial charge in [-0.15, -0.1) is 0 Å². The highest BCUT2D eigenvalue weighted by Gasteiger charge is 2.38. The molecule has 0 saturated carbocycles. The number of rotatable bonds is 2. The third-order valence-electron chi connectivity index (χ3n) is 11.0.